The summed E-state index contributed by atoms with van der Waals surface area (Å²) in [5.74, 6) is -1.74. The van der Waals surface area contributed by atoms with Gasteiger partial charge in [-0.05, 0) is 61.4 Å². The molecule has 3 aromatic rings. The molecule has 13 heteroatoms. The number of nitrogens with one attached hydrogen (secondary N) is 2. The number of thiophene rings is 1. The summed E-state index contributed by atoms with van der Waals surface area (Å²) < 4.78 is 50.9. The number of anilines is 2. The van der Waals surface area contributed by atoms with Gasteiger partial charge in [0.05, 0.1) is 30.7 Å². The Bertz CT molecular complexity index is 1490. The van der Waals surface area contributed by atoms with Crippen molar-refractivity contribution in [2.75, 3.05) is 30.3 Å². The van der Waals surface area contributed by atoms with E-state index < -0.39 is 33.8 Å². The monoisotopic (exact) mass is 561 g/mol. The first-order valence-electron chi connectivity index (χ1n) is 11.5. The minimum atomic E-state index is -4.02. The minimum absolute atomic E-state index is 0.117. The first-order valence-corrected chi connectivity index (χ1v) is 13.8. The van der Waals surface area contributed by atoms with E-state index in [1.54, 1.807) is 6.92 Å². The Morgan fingerprint density at radius 2 is 1.87 bits per heavy atom. The van der Waals surface area contributed by atoms with Crippen LogP contribution in [0, 0.1) is 5.82 Å². The number of hydrogen-bond acceptors (Lipinski definition) is 8. The number of hydrogen-bond donors (Lipinski definition) is 2. The second-order valence-electron chi connectivity index (χ2n) is 8.16. The molecule has 0 fully saturated rings. The van der Waals surface area contributed by atoms with Gasteiger partial charge in [-0.15, -0.1) is 11.3 Å². The highest BCUT2D eigenvalue weighted by atomic mass is 32.2. The smallest absolute Gasteiger partial charge is 0.409 e. The maximum atomic E-state index is 13.2. The van der Waals surface area contributed by atoms with Crippen LogP contribution in [0.3, 0.4) is 0 Å². The predicted octanol–water partition coefficient (Wildman–Crippen LogP) is 4.24. The molecule has 2 amide bonds. The quantitative estimate of drug-likeness (QED) is 0.413. The van der Waals surface area contributed by atoms with Crippen molar-refractivity contribution in [3.63, 3.8) is 0 Å². The standard InChI is InChI=1S/C25H24FN3O7S2/c1-3-36-24(31)21-19-11-12-29(25(32)35-2)14-20(19)37-23(21)27-22(30)15-5-4-6-17(13-15)28-38(33,34)18-9-7-16(26)8-10-18/h4-10,13,28H,3,11-12,14H2,1-2H3,(H,27,30). The van der Waals surface area contributed by atoms with Crippen molar-refractivity contribution in [1.82, 2.24) is 4.90 Å². The third-order valence-electron chi connectivity index (χ3n) is 5.70. The van der Waals surface area contributed by atoms with E-state index in [1.165, 1.54) is 36.3 Å². The summed E-state index contributed by atoms with van der Waals surface area (Å²) in [4.78, 5) is 40.0. The van der Waals surface area contributed by atoms with Crippen molar-refractivity contribution in [2.45, 2.75) is 24.8 Å². The molecule has 1 aliphatic heterocycles. The van der Waals surface area contributed by atoms with Crippen LogP contribution in [-0.2, 0) is 32.5 Å². The number of nitrogens with zero attached hydrogens (tertiary/aromatic N) is 1. The summed E-state index contributed by atoms with van der Waals surface area (Å²) in [6.45, 7) is 2.37. The van der Waals surface area contributed by atoms with E-state index in [0.29, 0.717) is 18.5 Å². The van der Waals surface area contributed by atoms with E-state index in [4.69, 9.17) is 9.47 Å². The van der Waals surface area contributed by atoms with Crippen molar-refractivity contribution >= 4 is 50.0 Å². The molecular formula is C25H24FN3O7S2. The fourth-order valence-electron chi connectivity index (χ4n) is 3.92. The van der Waals surface area contributed by atoms with Crippen LogP contribution in [0.5, 0.6) is 0 Å². The molecule has 0 unspecified atom stereocenters. The molecule has 38 heavy (non-hydrogen) atoms. The molecule has 10 nitrogen and oxygen atoms in total. The summed E-state index contributed by atoms with van der Waals surface area (Å²) in [6.07, 6.45) is -0.113. The first-order chi connectivity index (χ1) is 18.1. The number of ether oxygens (including phenoxy) is 2. The van der Waals surface area contributed by atoms with E-state index in [-0.39, 0.29) is 39.9 Å². The first kappa shape index (κ1) is 27.1. The van der Waals surface area contributed by atoms with Gasteiger partial charge in [-0.1, -0.05) is 6.07 Å². The molecule has 0 spiro atoms. The Morgan fingerprint density at radius 1 is 1.13 bits per heavy atom. The van der Waals surface area contributed by atoms with Gasteiger partial charge in [0.2, 0.25) is 0 Å². The summed E-state index contributed by atoms with van der Waals surface area (Å²) in [7, 11) is -2.73. The molecule has 1 aromatic heterocycles. The maximum Gasteiger partial charge on any atom is 0.409 e. The molecule has 0 atom stereocenters. The van der Waals surface area contributed by atoms with E-state index in [0.717, 1.165) is 40.5 Å². The summed E-state index contributed by atoms with van der Waals surface area (Å²) in [5, 5.41) is 3.00. The van der Waals surface area contributed by atoms with Crippen molar-refractivity contribution < 1.29 is 36.7 Å². The van der Waals surface area contributed by atoms with Gasteiger partial charge in [-0.3, -0.25) is 9.52 Å². The number of amides is 2. The van der Waals surface area contributed by atoms with Gasteiger partial charge in [0.1, 0.15) is 10.8 Å². The topological polar surface area (TPSA) is 131 Å². The normalized spacial score (nSPS) is 12.9. The van der Waals surface area contributed by atoms with Crippen LogP contribution in [0.1, 0.15) is 38.1 Å². The highest BCUT2D eigenvalue weighted by Crippen LogP contribution is 2.38. The fourth-order valence-corrected chi connectivity index (χ4v) is 6.22. The molecule has 2 N–H and O–H groups in total. The lowest BCUT2D eigenvalue weighted by Gasteiger charge is -2.25. The molecule has 0 saturated heterocycles. The van der Waals surface area contributed by atoms with Crippen LogP contribution in [0.2, 0.25) is 0 Å². The zero-order chi connectivity index (χ0) is 27.4. The summed E-state index contributed by atoms with van der Waals surface area (Å²) in [5.41, 5.74) is 1.18. The number of fused-ring (bicyclic) bond motifs is 1. The van der Waals surface area contributed by atoms with Gasteiger partial charge in [0, 0.05) is 22.7 Å². The third kappa shape index (κ3) is 5.78. The molecular weight excluding hydrogens is 537 g/mol. The summed E-state index contributed by atoms with van der Waals surface area (Å²) >= 11 is 1.16. The van der Waals surface area contributed by atoms with E-state index in [1.807, 2.05) is 0 Å². The van der Waals surface area contributed by atoms with E-state index in [9.17, 15) is 27.2 Å². The number of sulfonamides is 1. The zero-order valence-corrected chi connectivity index (χ0v) is 22.1. The van der Waals surface area contributed by atoms with Crippen LogP contribution in [0.4, 0.5) is 19.9 Å². The van der Waals surface area contributed by atoms with E-state index in [2.05, 4.69) is 10.0 Å². The molecule has 1 aliphatic rings. The Balaban J connectivity index is 1.58. The van der Waals surface area contributed by atoms with E-state index >= 15 is 0 Å². The molecule has 2 heterocycles. The molecule has 0 radical (unpaired) electrons. The van der Waals surface area contributed by atoms with Crippen LogP contribution in [0.25, 0.3) is 0 Å². The van der Waals surface area contributed by atoms with Crippen LogP contribution in [0.15, 0.2) is 53.4 Å². The highest BCUT2D eigenvalue weighted by Gasteiger charge is 2.31. The minimum Gasteiger partial charge on any atom is -0.462 e. The van der Waals surface area contributed by atoms with Gasteiger partial charge in [-0.25, -0.2) is 22.4 Å². The number of carbonyl (C=O) groups excluding carboxylic acids is 3. The number of methoxy groups -OCH3 is 1. The number of carbonyl (C=O) groups is 3. The van der Waals surface area contributed by atoms with Crippen LogP contribution in [-0.4, -0.2) is 51.5 Å². The lowest BCUT2D eigenvalue weighted by molar-refractivity contribution is 0.0526. The van der Waals surface area contributed by atoms with Gasteiger partial charge in [-0.2, -0.15) is 0 Å². The highest BCUT2D eigenvalue weighted by molar-refractivity contribution is 7.92. The van der Waals surface area contributed by atoms with Crippen molar-refractivity contribution in [2.24, 2.45) is 0 Å². The maximum absolute atomic E-state index is 13.2. The number of rotatable bonds is 7. The van der Waals surface area contributed by atoms with Crippen molar-refractivity contribution in [1.29, 1.82) is 0 Å². The van der Waals surface area contributed by atoms with Gasteiger partial charge < -0.3 is 19.7 Å². The molecule has 2 aromatic carbocycles. The molecule has 4 rings (SSSR count). The lowest BCUT2D eigenvalue weighted by Crippen LogP contribution is -2.35. The summed E-state index contributed by atoms with van der Waals surface area (Å²) in [6, 6.07) is 10.1. The largest absolute Gasteiger partial charge is 0.462 e. The zero-order valence-electron chi connectivity index (χ0n) is 20.4. The fraction of sp³-hybridized carbons (Fsp3) is 0.240. The van der Waals surface area contributed by atoms with Crippen molar-refractivity contribution in [3.8, 4) is 0 Å². The predicted molar refractivity (Wildman–Crippen MR) is 138 cm³/mol. The average molecular weight is 562 g/mol. The second-order valence-corrected chi connectivity index (χ2v) is 11.0. The Morgan fingerprint density at radius 3 is 2.55 bits per heavy atom. The SMILES string of the molecule is CCOC(=O)c1c(NC(=O)c2cccc(NS(=O)(=O)c3ccc(F)cc3)c2)sc2c1CCN(C(=O)OC)C2. The van der Waals surface area contributed by atoms with Gasteiger partial charge in [0.25, 0.3) is 15.9 Å². The van der Waals surface area contributed by atoms with Gasteiger partial charge in [0.15, 0.2) is 0 Å². The average Bonchev–Trinajstić information content (AvgIpc) is 3.25. The number of halogens is 1. The number of esters is 1. The second kappa shape index (κ2) is 11.2. The Kier molecular flexibility index (Phi) is 7.97. The molecule has 0 saturated carbocycles. The van der Waals surface area contributed by atoms with Gasteiger partial charge >= 0.3 is 12.1 Å². The van der Waals surface area contributed by atoms with Crippen LogP contribution >= 0.6 is 11.3 Å². The Labute approximate surface area is 222 Å². The molecule has 0 bridgehead atoms. The van der Waals surface area contributed by atoms with Crippen molar-refractivity contribution in [3.05, 3.63) is 75.9 Å². The Hall–Kier alpha value is -3.97. The molecule has 200 valence electrons. The molecule has 0 aliphatic carbocycles. The number of benzene rings is 2. The lowest BCUT2D eigenvalue weighted by atomic mass is 10.0. The third-order valence-corrected chi connectivity index (χ3v) is 8.23. The van der Waals surface area contributed by atoms with Crippen LogP contribution < -0.4 is 10.0 Å².